The molecular weight excluding hydrogens is 264 g/mol. The number of aromatic nitrogens is 2. The molecule has 2 rings (SSSR count). The molecule has 0 atom stereocenters. The zero-order chi connectivity index (χ0) is 14.4. The number of halogens is 2. The predicted molar refractivity (Wildman–Crippen MR) is 71.5 cm³/mol. The van der Waals surface area contributed by atoms with Crippen molar-refractivity contribution in [2.75, 3.05) is 11.9 Å². The van der Waals surface area contributed by atoms with Crippen LogP contribution in [0.5, 0.6) is 5.75 Å². The van der Waals surface area contributed by atoms with Crippen molar-refractivity contribution in [1.82, 2.24) is 9.97 Å². The summed E-state index contributed by atoms with van der Waals surface area (Å²) < 4.78 is 31.3. The topological polar surface area (TPSA) is 47.0 Å². The second kappa shape index (κ2) is 6.79. The Morgan fingerprint density at radius 1 is 1.20 bits per heavy atom. The van der Waals surface area contributed by atoms with Crippen LogP contribution in [-0.4, -0.2) is 16.5 Å². The Kier molecular flexibility index (Phi) is 4.81. The summed E-state index contributed by atoms with van der Waals surface area (Å²) in [7, 11) is 0. The molecule has 6 heteroatoms. The number of hydrogen-bond acceptors (Lipinski definition) is 4. The van der Waals surface area contributed by atoms with Gasteiger partial charge in [-0.2, -0.15) is 0 Å². The average molecular weight is 279 g/mol. The van der Waals surface area contributed by atoms with E-state index in [0.29, 0.717) is 11.5 Å². The Morgan fingerprint density at radius 3 is 2.70 bits per heavy atom. The second-order valence-electron chi connectivity index (χ2n) is 4.18. The van der Waals surface area contributed by atoms with E-state index in [1.54, 1.807) is 12.4 Å². The lowest BCUT2D eigenvalue weighted by Crippen LogP contribution is -2.05. The molecule has 106 valence electrons. The van der Waals surface area contributed by atoms with Crippen molar-refractivity contribution in [2.24, 2.45) is 0 Å². The smallest absolute Gasteiger partial charge is 0.167 e. The van der Waals surface area contributed by atoms with Gasteiger partial charge >= 0.3 is 0 Å². The first-order valence-electron chi connectivity index (χ1n) is 6.31. The molecule has 2 aromatic rings. The molecule has 0 bridgehead atoms. The lowest BCUT2D eigenvalue weighted by Gasteiger charge is -2.07. The fourth-order valence-corrected chi connectivity index (χ4v) is 1.52. The van der Waals surface area contributed by atoms with Gasteiger partial charge in [-0.05, 0) is 18.6 Å². The molecule has 0 aliphatic rings. The van der Waals surface area contributed by atoms with Gasteiger partial charge in [-0.1, -0.05) is 6.92 Å². The number of nitrogens with zero attached hydrogens (tertiary/aromatic N) is 2. The number of benzene rings is 1. The third-order valence-electron chi connectivity index (χ3n) is 2.53. The number of ether oxygens (including phenoxy) is 1. The van der Waals surface area contributed by atoms with Crippen LogP contribution in [0, 0.1) is 11.6 Å². The van der Waals surface area contributed by atoms with Gasteiger partial charge < -0.3 is 10.1 Å². The van der Waals surface area contributed by atoms with Gasteiger partial charge in [0.2, 0.25) is 0 Å². The van der Waals surface area contributed by atoms with Gasteiger partial charge in [0.25, 0.3) is 0 Å². The van der Waals surface area contributed by atoms with Crippen LogP contribution in [0.25, 0.3) is 0 Å². The Hall–Kier alpha value is -2.24. The third-order valence-corrected chi connectivity index (χ3v) is 2.53. The SMILES string of the molecule is CCCNc1cnc(COc2ccc(F)cc2F)cn1. The molecule has 0 fully saturated rings. The maximum Gasteiger partial charge on any atom is 0.167 e. The van der Waals surface area contributed by atoms with Gasteiger partial charge in [-0.15, -0.1) is 0 Å². The van der Waals surface area contributed by atoms with Crippen LogP contribution >= 0.6 is 0 Å². The summed E-state index contributed by atoms with van der Waals surface area (Å²) in [4.78, 5) is 8.31. The molecule has 1 aromatic heterocycles. The first-order chi connectivity index (χ1) is 9.69. The zero-order valence-corrected chi connectivity index (χ0v) is 11.1. The van der Waals surface area contributed by atoms with Crippen LogP contribution in [0.15, 0.2) is 30.6 Å². The molecule has 0 amide bonds. The largest absolute Gasteiger partial charge is 0.484 e. The Labute approximate surface area is 115 Å². The molecule has 1 heterocycles. The monoisotopic (exact) mass is 279 g/mol. The van der Waals surface area contributed by atoms with Crippen LogP contribution in [0.3, 0.4) is 0 Å². The van der Waals surface area contributed by atoms with Crippen molar-refractivity contribution < 1.29 is 13.5 Å². The van der Waals surface area contributed by atoms with Crippen LogP contribution in [0.4, 0.5) is 14.6 Å². The highest BCUT2D eigenvalue weighted by atomic mass is 19.1. The Morgan fingerprint density at radius 2 is 2.05 bits per heavy atom. The highest BCUT2D eigenvalue weighted by Crippen LogP contribution is 2.18. The average Bonchev–Trinajstić information content (AvgIpc) is 2.45. The summed E-state index contributed by atoms with van der Waals surface area (Å²) in [5, 5.41) is 3.09. The lowest BCUT2D eigenvalue weighted by atomic mass is 10.3. The van der Waals surface area contributed by atoms with Crippen molar-refractivity contribution in [3.8, 4) is 5.75 Å². The van der Waals surface area contributed by atoms with Crippen LogP contribution < -0.4 is 10.1 Å². The van der Waals surface area contributed by atoms with Crippen molar-refractivity contribution in [3.05, 3.63) is 47.9 Å². The Bertz CT molecular complexity index is 561. The third kappa shape index (κ3) is 3.88. The predicted octanol–water partition coefficient (Wildman–Crippen LogP) is 3.16. The van der Waals surface area contributed by atoms with E-state index in [4.69, 9.17) is 4.74 Å². The highest BCUT2D eigenvalue weighted by Gasteiger charge is 2.05. The lowest BCUT2D eigenvalue weighted by molar-refractivity contribution is 0.284. The molecule has 0 saturated heterocycles. The Balaban J connectivity index is 1.93. The molecule has 20 heavy (non-hydrogen) atoms. The van der Waals surface area contributed by atoms with E-state index >= 15 is 0 Å². The van der Waals surface area contributed by atoms with Crippen molar-refractivity contribution in [1.29, 1.82) is 0 Å². The summed E-state index contributed by atoms with van der Waals surface area (Å²) in [6.07, 6.45) is 4.14. The summed E-state index contributed by atoms with van der Waals surface area (Å²) in [6, 6.07) is 3.16. The van der Waals surface area contributed by atoms with Crippen LogP contribution in [0.2, 0.25) is 0 Å². The summed E-state index contributed by atoms with van der Waals surface area (Å²) in [5.41, 5.74) is 0.566. The van der Waals surface area contributed by atoms with E-state index in [1.807, 2.05) is 0 Å². The first kappa shape index (κ1) is 14.2. The maximum absolute atomic E-state index is 13.3. The van der Waals surface area contributed by atoms with E-state index in [0.717, 1.165) is 25.1 Å². The molecule has 0 radical (unpaired) electrons. The molecular formula is C14H15F2N3O. The fourth-order valence-electron chi connectivity index (χ4n) is 1.52. The number of rotatable bonds is 6. The summed E-state index contributed by atoms with van der Waals surface area (Å²) in [6.45, 7) is 2.95. The highest BCUT2D eigenvalue weighted by molar-refractivity contribution is 5.30. The van der Waals surface area contributed by atoms with E-state index in [9.17, 15) is 8.78 Å². The number of anilines is 1. The number of hydrogen-bond donors (Lipinski definition) is 1. The van der Waals surface area contributed by atoms with Gasteiger partial charge in [0.05, 0.1) is 18.1 Å². The van der Waals surface area contributed by atoms with Crippen LogP contribution in [-0.2, 0) is 6.61 Å². The van der Waals surface area contributed by atoms with E-state index in [-0.39, 0.29) is 12.4 Å². The molecule has 0 unspecified atom stereocenters. The standard InChI is InChI=1S/C14H15F2N3O/c1-2-5-17-14-8-18-11(7-19-14)9-20-13-4-3-10(15)6-12(13)16/h3-4,6-8H,2,5,9H2,1H3,(H,17,19). The van der Waals surface area contributed by atoms with E-state index in [2.05, 4.69) is 22.2 Å². The van der Waals surface area contributed by atoms with Gasteiger partial charge in [0, 0.05) is 12.6 Å². The van der Waals surface area contributed by atoms with Crippen molar-refractivity contribution in [3.63, 3.8) is 0 Å². The molecule has 4 nitrogen and oxygen atoms in total. The quantitative estimate of drug-likeness (QED) is 0.882. The fraction of sp³-hybridized carbons (Fsp3) is 0.286. The first-order valence-corrected chi connectivity index (χ1v) is 6.31. The molecule has 0 aliphatic carbocycles. The van der Waals surface area contributed by atoms with Gasteiger partial charge in [0.1, 0.15) is 18.2 Å². The van der Waals surface area contributed by atoms with E-state index in [1.165, 1.54) is 6.07 Å². The minimum Gasteiger partial charge on any atom is -0.484 e. The second-order valence-corrected chi connectivity index (χ2v) is 4.18. The minimum absolute atomic E-state index is 0.0126. The normalized spacial score (nSPS) is 10.3. The minimum atomic E-state index is -0.737. The van der Waals surface area contributed by atoms with Gasteiger partial charge in [-0.3, -0.25) is 4.98 Å². The molecule has 0 saturated carbocycles. The molecule has 1 aromatic carbocycles. The van der Waals surface area contributed by atoms with E-state index < -0.39 is 11.6 Å². The van der Waals surface area contributed by atoms with Gasteiger partial charge in [-0.25, -0.2) is 13.8 Å². The summed E-state index contributed by atoms with van der Waals surface area (Å²) >= 11 is 0. The molecule has 1 N–H and O–H groups in total. The molecule has 0 spiro atoms. The maximum atomic E-state index is 13.3. The number of nitrogens with one attached hydrogen (secondary N) is 1. The summed E-state index contributed by atoms with van der Waals surface area (Å²) in [5.74, 6) is -0.704. The van der Waals surface area contributed by atoms with Crippen molar-refractivity contribution in [2.45, 2.75) is 20.0 Å². The van der Waals surface area contributed by atoms with Gasteiger partial charge in [0.15, 0.2) is 11.6 Å². The zero-order valence-electron chi connectivity index (χ0n) is 11.1. The van der Waals surface area contributed by atoms with Crippen molar-refractivity contribution >= 4 is 5.82 Å². The molecule has 0 aliphatic heterocycles. The van der Waals surface area contributed by atoms with Crippen LogP contribution in [0.1, 0.15) is 19.0 Å².